The molecule has 1 atom stereocenters. The Bertz CT molecular complexity index is 1040. The van der Waals surface area contributed by atoms with Gasteiger partial charge in [-0.3, -0.25) is 14.3 Å². The van der Waals surface area contributed by atoms with E-state index in [1.165, 1.54) is 11.8 Å². The topological polar surface area (TPSA) is 82.1 Å². The van der Waals surface area contributed by atoms with Crippen LogP contribution in [0.1, 0.15) is 19.0 Å². The van der Waals surface area contributed by atoms with Gasteiger partial charge in [0, 0.05) is 17.6 Å². The lowest BCUT2D eigenvalue weighted by Crippen LogP contribution is -2.28. The van der Waals surface area contributed by atoms with Crippen LogP contribution in [0.3, 0.4) is 0 Å². The minimum Gasteiger partial charge on any atom is -0.399 e. The molecule has 3 aromatic rings. The first-order valence-electron chi connectivity index (χ1n) is 9.09. The maximum absolute atomic E-state index is 13.0. The van der Waals surface area contributed by atoms with E-state index in [1.54, 1.807) is 16.4 Å². The molecule has 7 heteroatoms. The fourth-order valence-electron chi connectivity index (χ4n) is 2.99. The summed E-state index contributed by atoms with van der Waals surface area (Å²) in [5.74, 6) is -0.194. The molecular formula is C21H24N4O2S. The number of benzene rings is 2. The van der Waals surface area contributed by atoms with Gasteiger partial charge in [0.05, 0.1) is 16.6 Å². The first-order valence-corrected chi connectivity index (χ1v) is 9.97. The monoisotopic (exact) mass is 396 g/mol. The van der Waals surface area contributed by atoms with Crippen molar-refractivity contribution >= 4 is 29.0 Å². The number of nitrogens with one attached hydrogen (secondary N) is 1. The molecule has 0 aliphatic heterocycles. The molecule has 0 aliphatic carbocycles. The zero-order valence-corrected chi connectivity index (χ0v) is 17.0. The van der Waals surface area contributed by atoms with Crippen LogP contribution in [-0.4, -0.2) is 20.5 Å². The maximum Gasteiger partial charge on any atom is 0.295 e. The summed E-state index contributed by atoms with van der Waals surface area (Å²) in [6.45, 7) is 3.77. The number of aromatic nitrogens is 2. The van der Waals surface area contributed by atoms with Gasteiger partial charge in [0.1, 0.15) is 5.69 Å². The molecule has 0 fully saturated rings. The van der Waals surface area contributed by atoms with Gasteiger partial charge in [-0.05, 0) is 43.7 Å². The molecule has 2 aromatic carbocycles. The minimum atomic E-state index is -0.328. The van der Waals surface area contributed by atoms with Crippen LogP contribution in [0.4, 0.5) is 11.4 Å². The molecule has 1 amide bonds. The summed E-state index contributed by atoms with van der Waals surface area (Å²) < 4.78 is 3.30. The van der Waals surface area contributed by atoms with Gasteiger partial charge in [-0.15, -0.1) is 11.8 Å². The fraction of sp³-hybridized carbons (Fsp3) is 0.238. The van der Waals surface area contributed by atoms with Crippen LogP contribution in [0, 0.1) is 6.92 Å². The fourth-order valence-corrected chi connectivity index (χ4v) is 4.01. The van der Waals surface area contributed by atoms with E-state index in [9.17, 15) is 9.59 Å². The number of rotatable bonds is 6. The van der Waals surface area contributed by atoms with E-state index >= 15 is 0 Å². The van der Waals surface area contributed by atoms with E-state index in [2.05, 4.69) is 5.32 Å². The summed E-state index contributed by atoms with van der Waals surface area (Å²) >= 11 is 1.44. The predicted octanol–water partition coefficient (Wildman–Crippen LogP) is 3.58. The zero-order valence-electron chi connectivity index (χ0n) is 16.2. The van der Waals surface area contributed by atoms with Crippen LogP contribution in [-0.2, 0) is 11.8 Å². The number of anilines is 2. The lowest BCUT2D eigenvalue weighted by molar-refractivity contribution is -0.115. The van der Waals surface area contributed by atoms with E-state index < -0.39 is 0 Å². The maximum atomic E-state index is 13.0. The van der Waals surface area contributed by atoms with Crippen LogP contribution < -0.4 is 16.6 Å². The zero-order chi connectivity index (χ0) is 20.3. The first kappa shape index (κ1) is 19.8. The van der Waals surface area contributed by atoms with Crippen molar-refractivity contribution in [1.29, 1.82) is 0 Å². The molecule has 0 spiro atoms. The number of nitrogens with zero attached hydrogens (tertiary/aromatic N) is 2. The highest BCUT2D eigenvalue weighted by Gasteiger charge is 2.23. The highest BCUT2D eigenvalue weighted by Crippen LogP contribution is 2.28. The Kier molecular flexibility index (Phi) is 5.94. The van der Waals surface area contributed by atoms with E-state index in [0.717, 1.165) is 10.6 Å². The molecule has 146 valence electrons. The van der Waals surface area contributed by atoms with Gasteiger partial charge in [0.15, 0.2) is 0 Å². The second-order valence-electron chi connectivity index (χ2n) is 6.51. The summed E-state index contributed by atoms with van der Waals surface area (Å²) in [6.07, 6.45) is 0.629. The lowest BCUT2D eigenvalue weighted by Gasteiger charge is -2.14. The van der Waals surface area contributed by atoms with Crippen molar-refractivity contribution in [3.05, 3.63) is 70.6 Å². The first-order chi connectivity index (χ1) is 13.4. The van der Waals surface area contributed by atoms with Crippen LogP contribution in [0.15, 0.2) is 64.3 Å². The van der Waals surface area contributed by atoms with Crippen molar-refractivity contribution in [2.45, 2.75) is 30.4 Å². The highest BCUT2D eigenvalue weighted by molar-refractivity contribution is 8.00. The molecule has 0 saturated carbocycles. The van der Waals surface area contributed by atoms with Crippen LogP contribution in [0.2, 0.25) is 0 Å². The second-order valence-corrected chi connectivity index (χ2v) is 7.79. The summed E-state index contributed by atoms with van der Waals surface area (Å²) in [7, 11) is 1.80. The molecule has 3 N–H and O–H groups in total. The summed E-state index contributed by atoms with van der Waals surface area (Å²) in [5, 5.41) is 2.52. The van der Waals surface area contributed by atoms with Gasteiger partial charge in [-0.1, -0.05) is 31.2 Å². The molecule has 0 radical (unpaired) electrons. The van der Waals surface area contributed by atoms with Crippen molar-refractivity contribution in [2.75, 3.05) is 11.1 Å². The number of carbonyl (C=O) groups excluding carboxylic acids is 1. The Hall–Kier alpha value is -2.93. The van der Waals surface area contributed by atoms with Crippen molar-refractivity contribution < 1.29 is 4.79 Å². The number of hydrogen-bond acceptors (Lipinski definition) is 4. The Morgan fingerprint density at radius 1 is 1.18 bits per heavy atom. The number of carbonyl (C=O) groups is 1. The van der Waals surface area contributed by atoms with Crippen LogP contribution in [0.5, 0.6) is 0 Å². The molecule has 1 unspecified atom stereocenters. The SMILES string of the molecule is CCC(Sc1cccc(N)c1)C(=O)Nc1c(C)n(C)n(-c2ccccc2)c1=O. The predicted molar refractivity (Wildman–Crippen MR) is 115 cm³/mol. The smallest absolute Gasteiger partial charge is 0.295 e. The molecule has 28 heavy (non-hydrogen) atoms. The second kappa shape index (κ2) is 8.39. The number of para-hydroxylation sites is 1. The number of amides is 1. The van der Waals surface area contributed by atoms with E-state index in [4.69, 9.17) is 5.73 Å². The molecule has 0 bridgehead atoms. The lowest BCUT2D eigenvalue weighted by atomic mass is 10.3. The van der Waals surface area contributed by atoms with Gasteiger partial charge in [-0.25, -0.2) is 4.68 Å². The molecule has 0 saturated heterocycles. The standard InChI is InChI=1S/C21H24N4O2S/c1-4-18(28-17-12-8-9-15(22)13-17)20(26)23-19-14(2)24(3)25(21(19)27)16-10-6-5-7-11-16/h5-13,18H,4,22H2,1-3H3,(H,23,26). The van der Waals surface area contributed by atoms with Gasteiger partial charge in [0.25, 0.3) is 5.56 Å². The highest BCUT2D eigenvalue weighted by atomic mass is 32.2. The van der Waals surface area contributed by atoms with Crippen molar-refractivity contribution in [1.82, 2.24) is 9.36 Å². The average molecular weight is 397 g/mol. The number of hydrogen-bond donors (Lipinski definition) is 2. The number of nitrogen functional groups attached to an aromatic ring is 1. The quantitative estimate of drug-likeness (QED) is 0.493. The van der Waals surface area contributed by atoms with E-state index in [0.29, 0.717) is 23.5 Å². The Labute approximate surface area is 168 Å². The summed E-state index contributed by atoms with van der Waals surface area (Å²) in [5.41, 5.74) is 8.00. The Morgan fingerprint density at radius 2 is 1.89 bits per heavy atom. The van der Waals surface area contributed by atoms with Crippen LogP contribution in [0.25, 0.3) is 5.69 Å². The van der Waals surface area contributed by atoms with E-state index in [-0.39, 0.29) is 16.7 Å². The van der Waals surface area contributed by atoms with Gasteiger partial charge < -0.3 is 11.1 Å². The normalized spacial score (nSPS) is 12.0. The van der Waals surface area contributed by atoms with Crippen molar-refractivity contribution in [3.63, 3.8) is 0 Å². The summed E-state index contributed by atoms with van der Waals surface area (Å²) in [4.78, 5) is 26.8. The molecule has 1 heterocycles. The average Bonchev–Trinajstić information content (AvgIpc) is 2.90. The minimum absolute atomic E-state index is 0.194. The van der Waals surface area contributed by atoms with E-state index in [1.807, 2.05) is 68.4 Å². The third-order valence-corrected chi connectivity index (χ3v) is 5.96. The Balaban J connectivity index is 1.86. The molecule has 0 aliphatic rings. The van der Waals surface area contributed by atoms with Crippen molar-refractivity contribution in [2.24, 2.45) is 7.05 Å². The van der Waals surface area contributed by atoms with Gasteiger partial charge in [-0.2, -0.15) is 0 Å². The summed E-state index contributed by atoms with van der Waals surface area (Å²) in [6, 6.07) is 16.8. The molecular weight excluding hydrogens is 372 g/mol. The van der Waals surface area contributed by atoms with Crippen LogP contribution >= 0.6 is 11.8 Å². The third-order valence-electron chi connectivity index (χ3n) is 4.60. The van der Waals surface area contributed by atoms with Gasteiger partial charge >= 0.3 is 0 Å². The molecule has 3 rings (SSSR count). The largest absolute Gasteiger partial charge is 0.399 e. The molecule has 1 aromatic heterocycles. The number of nitrogens with two attached hydrogens (primary N) is 1. The molecule has 6 nitrogen and oxygen atoms in total. The Morgan fingerprint density at radius 3 is 2.54 bits per heavy atom. The van der Waals surface area contributed by atoms with Gasteiger partial charge in [0.2, 0.25) is 5.91 Å². The number of thioether (sulfide) groups is 1. The van der Waals surface area contributed by atoms with Crippen molar-refractivity contribution in [3.8, 4) is 5.69 Å². The third kappa shape index (κ3) is 3.99.